The molecular weight excluding hydrogens is 314 g/mol. The van der Waals surface area contributed by atoms with Gasteiger partial charge in [-0.05, 0) is 41.8 Å². The van der Waals surface area contributed by atoms with E-state index < -0.39 is 0 Å². The van der Waals surface area contributed by atoms with E-state index >= 15 is 0 Å². The smallest absolute Gasteiger partial charge is 0.232 e. The first-order chi connectivity index (χ1) is 12.2. The predicted octanol–water partition coefficient (Wildman–Crippen LogP) is 3.28. The Labute approximate surface area is 146 Å². The molecule has 0 saturated carbocycles. The Balaban J connectivity index is 1.35. The van der Waals surface area contributed by atoms with Crippen molar-refractivity contribution in [2.75, 3.05) is 5.32 Å². The second-order valence-electron chi connectivity index (χ2n) is 6.21. The number of benzene rings is 2. The minimum Gasteiger partial charge on any atom is -0.486 e. The SMILES string of the molecule is Cn1ccnc1COc1ccc(NC(=O)[C@H]2Cc3ccccc32)cc1. The van der Waals surface area contributed by atoms with Gasteiger partial charge >= 0.3 is 0 Å². The highest BCUT2D eigenvalue weighted by molar-refractivity contribution is 5.97. The zero-order valence-corrected chi connectivity index (χ0v) is 14.0. The van der Waals surface area contributed by atoms with Crippen molar-refractivity contribution in [1.29, 1.82) is 0 Å². The summed E-state index contributed by atoms with van der Waals surface area (Å²) in [5.41, 5.74) is 3.18. The minimum atomic E-state index is -0.0458. The van der Waals surface area contributed by atoms with Crippen LogP contribution < -0.4 is 10.1 Å². The van der Waals surface area contributed by atoms with Crippen LogP contribution in [-0.4, -0.2) is 15.5 Å². The fourth-order valence-electron chi connectivity index (χ4n) is 3.04. The lowest BCUT2D eigenvalue weighted by molar-refractivity contribution is -0.118. The van der Waals surface area contributed by atoms with Gasteiger partial charge in [0.1, 0.15) is 18.2 Å². The van der Waals surface area contributed by atoms with Crippen LogP contribution in [0.25, 0.3) is 0 Å². The highest BCUT2D eigenvalue weighted by Crippen LogP contribution is 2.35. The van der Waals surface area contributed by atoms with Crippen LogP contribution in [-0.2, 0) is 24.9 Å². The summed E-state index contributed by atoms with van der Waals surface area (Å²) in [4.78, 5) is 16.6. The molecule has 0 radical (unpaired) electrons. The third-order valence-electron chi connectivity index (χ3n) is 4.58. The van der Waals surface area contributed by atoms with Gasteiger partial charge in [-0.2, -0.15) is 0 Å². The molecule has 0 saturated heterocycles. The number of ether oxygens (including phenoxy) is 1. The van der Waals surface area contributed by atoms with E-state index in [2.05, 4.69) is 16.4 Å². The number of imidazole rings is 1. The highest BCUT2D eigenvalue weighted by Gasteiger charge is 2.31. The molecule has 1 atom stereocenters. The molecule has 1 N–H and O–H groups in total. The van der Waals surface area contributed by atoms with Gasteiger partial charge in [-0.25, -0.2) is 4.98 Å². The van der Waals surface area contributed by atoms with E-state index in [-0.39, 0.29) is 11.8 Å². The van der Waals surface area contributed by atoms with Crippen LogP contribution in [0.3, 0.4) is 0 Å². The summed E-state index contributed by atoms with van der Waals surface area (Å²) < 4.78 is 7.64. The maximum Gasteiger partial charge on any atom is 0.232 e. The molecule has 0 bridgehead atoms. The zero-order chi connectivity index (χ0) is 17.2. The molecule has 0 spiro atoms. The Morgan fingerprint density at radius 1 is 1.24 bits per heavy atom. The number of nitrogens with zero attached hydrogens (tertiary/aromatic N) is 2. The number of aryl methyl sites for hydroxylation is 1. The predicted molar refractivity (Wildman–Crippen MR) is 95.5 cm³/mol. The highest BCUT2D eigenvalue weighted by atomic mass is 16.5. The first-order valence-corrected chi connectivity index (χ1v) is 8.28. The van der Waals surface area contributed by atoms with Gasteiger partial charge in [-0.15, -0.1) is 0 Å². The Hall–Kier alpha value is -3.08. The van der Waals surface area contributed by atoms with Crippen LogP contribution in [0.1, 0.15) is 22.9 Å². The third kappa shape index (κ3) is 3.13. The van der Waals surface area contributed by atoms with Gasteiger partial charge in [-0.1, -0.05) is 24.3 Å². The Morgan fingerprint density at radius 3 is 2.76 bits per heavy atom. The monoisotopic (exact) mass is 333 g/mol. The number of carbonyl (C=O) groups is 1. The van der Waals surface area contributed by atoms with Gasteiger partial charge in [0.15, 0.2) is 0 Å². The second kappa shape index (κ2) is 6.43. The average molecular weight is 333 g/mol. The normalized spacial score (nSPS) is 15.2. The molecule has 2 aromatic carbocycles. The van der Waals surface area contributed by atoms with Crippen LogP contribution in [0.15, 0.2) is 60.9 Å². The topological polar surface area (TPSA) is 56.1 Å². The van der Waals surface area contributed by atoms with Crippen molar-refractivity contribution >= 4 is 11.6 Å². The number of amides is 1. The molecule has 4 rings (SSSR count). The standard InChI is InChI=1S/C20H19N3O2/c1-23-11-10-21-19(23)13-25-16-8-6-15(7-9-16)22-20(24)18-12-14-4-2-3-5-17(14)18/h2-11,18H,12-13H2,1H3,(H,22,24)/t18-/m0/s1. The van der Waals surface area contributed by atoms with Crippen molar-refractivity contribution in [3.05, 3.63) is 77.9 Å². The first-order valence-electron chi connectivity index (χ1n) is 8.28. The number of nitrogens with one attached hydrogen (secondary N) is 1. The van der Waals surface area contributed by atoms with Crippen molar-refractivity contribution in [3.8, 4) is 5.75 Å². The average Bonchev–Trinajstić information content (AvgIpc) is 3.00. The zero-order valence-electron chi connectivity index (χ0n) is 14.0. The Bertz CT molecular complexity index is 899. The number of carbonyl (C=O) groups excluding carboxylic acids is 1. The number of hydrogen-bond acceptors (Lipinski definition) is 3. The Morgan fingerprint density at radius 2 is 2.04 bits per heavy atom. The molecule has 126 valence electrons. The maximum atomic E-state index is 12.4. The van der Waals surface area contributed by atoms with Gasteiger partial charge in [0.2, 0.25) is 5.91 Å². The molecule has 1 aliphatic rings. The summed E-state index contributed by atoms with van der Waals surface area (Å²) in [7, 11) is 1.93. The molecular formula is C20H19N3O2. The number of hydrogen-bond donors (Lipinski definition) is 1. The lowest BCUT2D eigenvalue weighted by Gasteiger charge is -2.28. The summed E-state index contributed by atoms with van der Waals surface area (Å²) in [5, 5.41) is 2.98. The van der Waals surface area contributed by atoms with Gasteiger partial charge in [0.05, 0.1) is 5.92 Å². The van der Waals surface area contributed by atoms with Crippen LogP contribution in [0.2, 0.25) is 0 Å². The van der Waals surface area contributed by atoms with Crippen molar-refractivity contribution < 1.29 is 9.53 Å². The minimum absolute atomic E-state index is 0.0420. The Kier molecular flexibility index (Phi) is 3.98. The van der Waals surface area contributed by atoms with E-state index in [0.29, 0.717) is 6.61 Å². The fourth-order valence-corrected chi connectivity index (χ4v) is 3.04. The van der Waals surface area contributed by atoms with E-state index in [1.54, 1.807) is 6.20 Å². The molecule has 0 unspecified atom stereocenters. The first kappa shape index (κ1) is 15.4. The molecule has 0 fully saturated rings. The maximum absolute atomic E-state index is 12.4. The molecule has 1 amide bonds. The summed E-state index contributed by atoms with van der Waals surface area (Å²) in [6, 6.07) is 15.5. The van der Waals surface area contributed by atoms with Crippen LogP contribution in [0.5, 0.6) is 5.75 Å². The van der Waals surface area contributed by atoms with Crippen LogP contribution >= 0.6 is 0 Å². The second-order valence-corrected chi connectivity index (χ2v) is 6.21. The molecule has 1 aliphatic carbocycles. The molecule has 5 heteroatoms. The number of anilines is 1. The third-order valence-corrected chi connectivity index (χ3v) is 4.58. The lowest BCUT2D eigenvalue weighted by atomic mass is 9.77. The summed E-state index contributed by atoms with van der Waals surface area (Å²) in [5.74, 6) is 1.60. The number of fused-ring (bicyclic) bond motifs is 1. The summed E-state index contributed by atoms with van der Waals surface area (Å²) in [6.07, 6.45) is 4.44. The molecule has 0 aliphatic heterocycles. The quantitative estimate of drug-likeness (QED) is 0.779. The van der Waals surface area contributed by atoms with E-state index in [1.165, 1.54) is 5.56 Å². The van der Waals surface area contributed by atoms with Crippen LogP contribution in [0.4, 0.5) is 5.69 Å². The van der Waals surface area contributed by atoms with Crippen LogP contribution in [0, 0.1) is 0 Å². The summed E-state index contributed by atoms with van der Waals surface area (Å²) in [6.45, 7) is 0.411. The lowest BCUT2D eigenvalue weighted by Crippen LogP contribution is -2.30. The van der Waals surface area contributed by atoms with Crippen molar-refractivity contribution in [2.24, 2.45) is 7.05 Å². The number of aromatic nitrogens is 2. The van der Waals surface area contributed by atoms with Gasteiger partial charge in [-0.3, -0.25) is 4.79 Å². The summed E-state index contributed by atoms with van der Waals surface area (Å²) >= 11 is 0. The molecule has 3 aromatic rings. The molecule has 1 heterocycles. The fraction of sp³-hybridized carbons (Fsp3) is 0.200. The van der Waals surface area contributed by atoms with Gasteiger partial charge in [0, 0.05) is 25.1 Å². The van der Waals surface area contributed by atoms with E-state index in [9.17, 15) is 4.79 Å². The van der Waals surface area contributed by atoms with E-state index in [1.807, 2.05) is 60.3 Å². The number of rotatable bonds is 5. The van der Waals surface area contributed by atoms with Gasteiger partial charge in [0.25, 0.3) is 0 Å². The van der Waals surface area contributed by atoms with Crippen molar-refractivity contribution in [1.82, 2.24) is 9.55 Å². The molecule has 5 nitrogen and oxygen atoms in total. The van der Waals surface area contributed by atoms with Gasteiger partial charge < -0.3 is 14.6 Å². The van der Waals surface area contributed by atoms with Crippen molar-refractivity contribution in [3.63, 3.8) is 0 Å². The van der Waals surface area contributed by atoms with E-state index in [4.69, 9.17) is 4.74 Å². The largest absolute Gasteiger partial charge is 0.486 e. The van der Waals surface area contributed by atoms with Crippen molar-refractivity contribution in [2.45, 2.75) is 18.9 Å². The van der Waals surface area contributed by atoms with E-state index in [0.717, 1.165) is 29.2 Å². The molecule has 1 aromatic heterocycles. The molecule has 25 heavy (non-hydrogen) atoms.